The minimum atomic E-state index is -0.325. The smallest absolute Gasteiger partial charge is 0.407 e. The zero-order valence-electron chi connectivity index (χ0n) is 16.7. The molecule has 0 aliphatic carbocycles. The van der Waals surface area contributed by atoms with Gasteiger partial charge in [-0.1, -0.05) is 60.7 Å². The molecule has 1 unspecified atom stereocenters. The van der Waals surface area contributed by atoms with E-state index < -0.39 is 0 Å². The van der Waals surface area contributed by atoms with Gasteiger partial charge >= 0.3 is 6.09 Å². The first-order valence-corrected chi connectivity index (χ1v) is 10.2. The lowest BCUT2D eigenvalue weighted by Crippen LogP contribution is -2.53. The molecule has 1 saturated heterocycles. The van der Waals surface area contributed by atoms with E-state index in [1.807, 2.05) is 6.92 Å². The average Bonchev–Trinajstić information content (AvgIpc) is 2.72. The van der Waals surface area contributed by atoms with Crippen LogP contribution in [0.1, 0.15) is 24.5 Å². The van der Waals surface area contributed by atoms with Gasteiger partial charge in [0.25, 0.3) is 0 Å². The van der Waals surface area contributed by atoms with E-state index in [0.29, 0.717) is 19.2 Å². The van der Waals surface area contributed by atoms with E-state index in [1.165, 1.54) is 11.1 Å². The number of nitrogens with zero attached hydrogens (tertiary/aromatic N) is 2. The molecule has 2 aromatic rings. The van der Waals surface area contributed by atoms with Crippen LogP contribution in [0.5, 0.6) is 0 Å². The van der Waals surface area contributed by atoms with E-state index >= 15 is 0 Å². The molecule has 1 fully saturated rings. The molecule has 1 aliphatic rings. The summed E-state index contributed by atoms with van der Waals surface area (Å²) in [7, 11) is 0. The minimum absolute atomic E-state index is 0.325. The molecular weight excluding hydrogens is 350 g/mol. The second kappa shape index (κ2) is 10.8. The first kappa shape index (κ1) is 20.4. The highest BCUT2D eigenvalue weighted by Crippen LogP contribution is 2.18. The van der Waals surface area contributed by atoms with Crippen molar-refractivity contribution in [1.29, 1.82) is 0 Å². The van der Waals surface area contributed by atoms with Crippen molar-refractivity contribution in [3.8, 4) is 0 Å². The molecule has 1 atom stereocenters. The largest absolute Gasteiger partial charge is 0.450 e. The SMILES string of the molecule is CCOC(=O)NCCC1CN(Cc2ccccc2)CCN1Cc1ccccc1. The summed E-state index contributed by atoms with van der Waals surface area (Å²) in [4.78, 5) is 16.7. The van der Waals surface area contributed by atoms with Gasteiger partial charge in [0.05, 0.1) is 6.61 Å². The Hall–Kier alpha value is -2.37. The highest BCUT2D eigenvalue weighted by atomic mass is 16.5. The van der Waals surface area contributed by atoms with Gasteiger partial charge in [0.15, 0.2) is 0 Å². The summed E-state index contributed by atoms with van der Waals surface area (Å²) in [6.07, 6.45) is 0.589. The quantitative estimate of drug-likeness (QED) is 0.760. The molecule has 0 radical (unpaired) electrons. The standard InChI is InChI=1S/C23H31N3O2/c1-2-28-23(27)24-14-13-22-19-25(17-20-9-5-3-6-10-20)15-16-26(22)18-21-11-7-4-8-12-21/h3-12,22H,2,13-19H2,1H3,(H,24,27). The predicted octanol–water partition coefficient (Wildman–Crippen LogP) is 3.51. The molecule has 5 nitrogen and oxygen atoms in total. The van der Waals surface area contributed by atoms with Gasteiger partial charge < -0.3 is 10.1 Å². The van der Waals surface area contributed by atoms with Crippen LogP contribution in [0.2, 0.25) is 0 Å². The number of amides is 1. The lowest BCUT2D eigenvalue weighted by Gasteiger charge is -2.41. The fraction of sp³-hybridized carbons (Fsp3) is 0.435. The highest BCUT2D eigenvalue weighted by Gasteiger charge is 2.27. The van der Waals surface area contributed by atoms with E-state index in [9.17, 15) is 4.79 Å². The fourth-order valence-corrected chi connectivity index (χ4v) is 3.77. The molecule has 150 valence electrons. The summed E-state index contributed by atoms with van der Waals surface area (Å²) in [6.45, 7) is 7.88. The third-order valence-corrected chi connectivity index (χ3v) is 5.19. The van der Waals surface area contributed by atoms with Gasteiger partial charge in [-0.3, -0.25) is 9.80 Å². The van der Waals surface area contributed by atoms with Gasteiger partial charge in [0.2, 0.25) is 0 Å². The van der Waals surface area contributed by atoms with Crippen LogP contribution >= 0.6 is 0 Å². The summed E-state index contributed by atoms with van der Waals surface area (Å²) >= 11 is 0. The van der Waals surface area contributed by atoms with Crippen molar-refractivity contribution in [2.24, 2.45) is 0 Å². The van der Waals surface area contributed by atoms with Gasteiger partial charge in [-0.15, -0.1) is 0 Å². The second-order valence-electron chi connectivity index (χ2n) is 7.27. The number of ether oxygens (including phenoxy) is 1. The van der Waals surface area contributed by atoms with Crippen molar-refractivity contribution in [1.82, 2.24) is 15.1 Å². The van der Waals surface area contributed by atoms with Crippen molar-refractivity contribution in [2.75, 3.05) is 32.8 Å². The van der Waals surface area contributed by atoms with Crippen LogP contribution in [0.4, 0.5) is 4.79 Å². The topological polar surface area (TPSA) is 44.8 Å². The van der Waals surface area contributed by atoms with Crippen LogP contribution in [-0.4, -0.2) is 54.7 Å². The number of hydrogen-bond donors (Lipinski definition) is 1. The van der Waals surface area contributed by atoms with Crippen LogP contribution < -0.4 is 5.32 Å². The first-order valence-electron chi connectivity index (χ1n) is 10.2. The number of rotatable bonds is 8. The number of alkyl carbamates (subject to hydrolysis) is 1. The third kappa shape index (κ3) is 6.36. The number of carbonyl (C=O) groups is 1. The van der Waals surface area contributed by atoms with Crippen molar-refractivity contribution in [3.05, 3.63) is 71.8 Å². The Kier molecular flexibility index (Phi) is 7.88. The lowest BCUT2D eigenvalue weighted by molar-refractivity contribution is 0.0593. The maximum Gasteiger partial charge on any atom is 0.407 e. The minimum Gasteiger partial charge on any atom is -0.450 e. The number of carbonyl (C=O) groups excluding carboxylic acids is 1. The molecule has 0 saturated carbocycles. The normalized spacial score (nSPS) is 18.0. The Morgan fingerprint density at radius 3 is 2.29 bits per heavy atom. The van der Waals surface area contributed by atoms with E-state index in [2.05, 4.69) is 75.8 Å². The summed E-state index contributed by atoms with van der Waals surface area (Å²) in [5, 5.41) is 2.87. The molecule has 1 aliphatic heterocycles. The molecular formula is C23H31N3O2. The van der Waals surface area contributed by atoms with Gasteiger partial charge in [-0.05, 0) is 24.5 Å². The van der Waals surface area contributed by atoms with Crippen LogP contribution in [0.25, 0.3) is 0 Å². The molecule has 3 rings (SSSR count). The van der Waals surface area contributed by atoms with Crippen molar-refractivity contribution in [2.45, 2.75) is 32.5 Å². The van der Waals surface area contributed by atoms with E-state index in [1.54, 1.807) is 0 Å². The predicted molar refractivity (Wildman–Crippen MR) is 112 cm³/mol. The Balaban J connectivity index is 1.59. The lowest BCUT2D eigenvalue weighted by atomic mass is 10.1. The fourth-order valence-electron chi connectivity index (χ4n) is 3.77. The monoisotopic (exact) mass is 381 g/mol. The van der Waals surface area contributed by atoms with Gasteiger partial charge in [-0.2, -0.15) is 0 Å². The molecule has 5 heteroatoms. The number of hydrogen-bond acceptors (Lipinski definition) is 4. The number of nitrogens with one attached hydrogen (secondary N) is 1. The average molecular weight is 382 g/mol. The summed E-state index contributed by atoms with van der Waals surface area (Å²) in [5.74, 6) is 0. The van der Waals surface area contributed by atoms with E-state index in [-0.39, 0.29) is 6.09 Å². The highest BCUT2D eigenvalue weighted by molar-refractivity contribution is 5.66. The van der Waals surface area contributed by atoms with Gasteiger partial charge in [-0.25, -0.2) is 4.79 Å². The molecule has 0 bridgehead atoms. The van der Waals surface area contributed by atoms with Gasteiger partial charge in [0.1, 0.15) is 0 Å². The van der Waals surface area contributed by atoms with Crippen molar-refractivity contribution >= 4 is 6.09 Å². The Labute approximate surface area is 168 Å². The molecule has 0 aromatic heterocycles. The molecule has 28 heavy (non-hydrogen) atoms. The Bertz CT molecular complexity index is 708. The van der Waals surface area contributed by atoms with E-state index in [0.717, 1.165) is 39.1 Å². The van der Waals surface area contributed by atoms with Crippen LogP contribution in [0.3, 0.4) is 0 Å². The maximum absolute atomic E-state index is 11.6. The molecule has 1 amide bonds. The zero-order valence-corrected chi connectivity index (χ0v) is 16.7. The molecule has 1 N–H and O–H groups in total. The number of benzene rings is 2. The van der Waals surface area contributed by atoms with Crippen LogP contribution in [0.15, 0.2) is 60.7 Å². The molecule has 2 aromatic carbocycles. The van der Waals surface area contributed by atoms with Crippen molar-refractivity contribution in [3.63, 3.8) is 0 Å². The Morgan fingerprint density at radius 2 is 1.64 bits per heavy atom. The molecule has 1 heterocycles. The maximum atomic E-state index is 11.6. The Morgan fingerprint density at radius 1 is 1.00 bits per heavy atom. The summed E-state index contributed by atoms with van der Waals surface area (Å²) in [5.41, 5.74) is 2.68. The summed E-state index contributed by atoms with van der Waals surface area (Å²) in [6, 6.07) is 21.7. The zero-order chi connectivity index (χ0) is 19.6. The first-order chi connectivity index (χ1) is 13.7. The third-order valence-electron chi connectivity index (χ3n) is 5.19. The van der Waals surface area contributed by atoms with Crippen LogP contribution in [-0.2, 0) is 17.8 Å². The number of piperazine rings is 1. The second-order valence-corrected chi connectivity index (χ2v) is 7.27. The molecule has 0 spiro atoms. The van der Waals surface area contributed by atoms with Crippen molar-refractivity contribution < 1.29 is 9.53 Å². The van der Waals surface area contributed by atoms with Crippen LogP contribution in [0, 0.1) is 0 Å². The summed E-state index contributed by atoms with van der Waals surface area (Å²) < 4.78 is 4.98. The van der Waals surface area contributed by atoms with E-state index in [4.69, 9.17) is 4.74 Å². The van der Waals surface area contributed by atoms with Gasteiger partial charge in [0, 0.05) is 45.3 Å².